The van der Waals surface area contributed by atoms with Crippen LogP contribution in [0.5, 0.6) is 0 Å². The minimum Gasteiger partial charge on any atom is -0.338 e. The van der Waals surface area contributed by atoms with Crippen LogP contribution in [-0.4, -0.2) is 42.0 Å². The number of hydrogen-bond acceptors (Lipinski definition) is 5. The fraction of sp³-hybridized carbons (Fsp3) is 0.0938. The molecule has 0 aliphatic heterocycles. The largest absolute Gasteiger partial charge is 0.338 e. The number of carbonyl (C=O) groups is 2. The van der Waals surface area contributed by atoms with E-state index < -0.39 is 17.9 Å². The summed E-state index contributed by atoms with van der Waals surface area (Å²) in [6.07, 6.45) is 6.93. The van der Waals surface area contributed by atoms with Gasteiger partial charge in [-0.15, -0.1) is 0 Å². The van der Waals surface area contributed by atoms with Crippen molar-refractivity contribution in [1.29, 1.82) is 0 Å². The van der Waals surface area contributed by atoms with Gasteiger partial charge in [-0.25, -0.2) is 9.97 Å². The summed E-state index contributed by atoms with van der Waals surface area (Å²) in [4.78, 5) is 36.0. The fourth-order valence-electron chi connectivity index (χ4n) is 5.00. The molecule has 0 saturated heterocycles. The molecule has 6 aromatic rings. The van der Waals surface area contributed by atoms with E-state index in [1.165, 1.54) is 4.68 Å². The third-order valence-corrected chi connectivity index (χ3v) is 7.01. The molecule has 0 bridgehead atoms. The highest BCUT2D eigenvalue weighted by Crippen LogP contribution is 2.30. The second-order valence-electron chi connectivity index (χ2n) is 9.59. The van der Waals surface area contributed by atoms with E-state index in [0.29, 0.717) is 17.2 Å². The summed E-state index contributed by atoms with van der Waals surface area (Å²) in [5.41, 5.74) is 4.58. The lowest BCUT2D eigenvalue weighted by Crippen LogP contribution is -2.48. The first-order valence-electron chi connectivity index (χ1n) is 13.2. The van der Waals surface area contributed by atoms with Crippen molar-refractivity contribution in [3.8, 4) is 11.3 Å². The average Bonchev–Trinajstić information content (AvgIpc) is 3.64. The van der Waals surface area contributed by atoms with Crippen LogP contribution in [0.4, 0.5) is 5.69 Å². The number of rotatable bonds is 8. The zero-order chi connectivity index (χ0) is 28.2. The molecule has 9 heteroatoms. The van der Waals surface area contributed by atoms with Crippen molar-refractivity contribution in [2.45, 2.75) is 12.0 Å². The summed E-state index contributed by atoms with van der Waals surface area (Å²) in [5.74, 6) is -0.567. The van der Waals surface area contributed by atoms with Gasteiger partial charge in [-0.05, 0) is 35.4 Å². The molecule has 0 spiro atoms. The molecule has 2 N–H and O–H groups in total. The van der Waals surface area contributed by atoms with E-state index in [2.05, 4.69) is 25.7 Å². The molecular formula is C32H27N7O2. The molecule has 3 aromatic heterocycles. The number of nitrogens with one attached hydrogen (secondary N) is 2. The third-order valence-electron chi connectivity index (χ3n) is 7.01. The molecule has 0 saturated carbocycles. The lowest BCUT2D eigenvalue weighted by molar-refractivity contribution is -0.118. The SMILES string of the molecule is Cn1nccc1C(=O)N[C@H](C(=O)Nc1ccc(-c2cnc3ncccn23)cc1)C(c1ccccc1)c1ccccc1. The number of fused-ring (bicyclic) bond motifs is 1. The Morgan fingerprint density at radius 2 is 1.46 bits per heavy atom. The molecule has 0 aliphatic carbocycles. The van der Waals surface area contributed by atoms with Crippen LogP contribution >= 0.6 is 0 Å². The Morgan fingerprint density at radius 3 is 2.10 bits per heavy atom. The van der Waals surface area contributed by atoms with Gasteiger partial charge in [0, 0.05) is 42.8 Å². The van der Waals surface area contributed by atoms with Crippen LogP contribution in [0, 0.1) is 0 Å². The molecule has 0 unspecified atom stereocenters. The monoisotopic (exact) mass is 541 g/mol. The minimum absolute atomic E-state index is 0.343. The molecule has 3 heterocycles. The Labute approximate surface area is 236 Å². The van der Waals surface area contributed by atoms with E-state index in [-0.39, 0.29) is 5.91 Å². The molecule has 9 nitrogen and oxygen atoms in total. The van der Waals surface area contributed by atoms with Crippen molar-refractivity contribution in [3.63, 3.8) is 0 Å². The summed E-state index contributed by atoms with van der Waals surface area (Å²) >= 11 is 0. The van der Waals surface area contributed by atoms with Crippen molar-refractivity contribution in [1.82, 2.24) is 29.5 Å². The van der Waals surface area contributed by atoms with E-state index in [1.807, 2.05) is 102 Å². The van der Waals surface area contributed by atoms with Crippen LogP contribution in [0.2, 0.25) is 0 Å². The molecule has 1 atom stereocenters. The van der Waals surface area contributed by atoms with Crippen LogP contribution in [0.25, 0.3) is 17.0 Å². The molecule has 0 fully saturated rings. The van der Waals surface area contributed by atoms with Gasteiger partial charge in [0.05, 0.1) is 11.9 Å². The predicted octanol–water partition coefficient (Wildman–Crippen LogP) is 4.70. The van der Waals surface area contributed by atoms with Crippen LogP contribution < -0.4 is 10.6 Å². The number of anilines is 1. The Balaban J connectivity index is 1.33. The van der Waals surface area contributed by atoms with Gasteiger partial charge < -0.3 is 10.6 Å². The fourth-order valence-corrected chi connectivity index (χ4v) is 5.00. The van der Waals surface area contributed by atoms with Crippen molar-refractivity contribution in [2.24, 2.45) is 7.05 Å². The molecule has 2 amide bonds. The van der Waals surface area contributed by atoms with E-state index in [4.69, 9.17) is 0 Å². The Morgan fingerprint density at radius 1 is 0.780 bits per heavy atom. The molecule has 3 aromatic carbocycles. The number of hydrogen-bond donors (Lipinski definition) is 2. The summed E-state index contributed by atoms with van der Waals surface area (Å²) in [7, 11) is 1.69. The van der Waals surface area contributed by atoms with Gasteiger partial charge in [-0.2, -0.15) is 5.10 Å². The maximum Gasteiger partial charge on any atom is 0.270 e. The van der Waals surface area contributed by atoms with Crippen molar-refractivity contribution in [2.75, 3.05) is 5.32 Å². The van der Waals surface area contributed by atoms with Gasteiger partial charge >= 0.3 is 0 Å². The van der Waals surface area contributed by atoms with Crippen molar-refractivity contribution in [3.05, 3.63) is 139 Å². The molecule has 0 radical (unpaired) electrons. The summed E-state index contributed by atoms with van der Waals surface area (Å²) in [6.45, 7) is 0. The molecular weight excluding hydrogens is 514 g/mol. The molecule has 41 heavy (non-hydrogen) atoms. The second-order valence-corrected chi connectivity index (χ2v) is 9.59. The maximum atomic E-state index is 14.0. The van der Waals surface area contributed by atoms with Gasteiger partial charge in [0.1, 0.15) is 11.7 Å². The van der Waals surface area contributed by atoms with Crippen molar-refractivity contribution >= 4 is 23.3 Å². The molecule has 6 rings (SSSR count). The van der Waals surface area contributed by atoms with E-state index in [0.717, 1.165) is 22.4 Å². The van der Waals surface area contributed by atoms with E-state index in [9.17, 15) is 9.59 Å². The summed E-state index contributed by atoms with van der Waals surface area (Å²) < 4.78 is 3.39. The Hall–Kier alpha value is -5.57. The van der Waals surface area contributed by atoms with Crippen LogP contribution in [0.15, 0.2) is 122 Å². The maximum absolute atomic E-state index is 14.0. The number of imidazole rings is 1. The number of aromatic nitrogens is 5. The lowest BCUT2D eigenvalue weighted by Gasteiger charge is -2.28. The second kappa shape index (κ2) is 11.3. The van der Waals surface area contributed by atoms with Gasteiger partial charge in [0.2, 0.25) is 11.7 Å². The average molecular weight is 542 g/mol. The third kappa shape index (κ3) is 5.33. The highest BCUT2D eigenvalue weighted by atomic mass is 16.2. The Kier molecular flexibility index (Phi) is 7.06. The van der Waals surface area contributed by atoms with Gasteiger partial charge in [0.15, 0.2) is 0 Å². The summed E-state index contributed by atoms with van der Waals surface area (Å²) in [6, 6.07) is 29.5. The smallest absolute Gasteiger partial charge is 0.270 e. The highest BCUT2D eigenvalue weighted by molar-refractivity contribution is 6.01. The Bertz CT molecular complexity index is 1760. The topological polar surface area (TPSA) is 106 Å². The van der Waals surface area contributed by atoms with Crippen molar-refractivity contribution < 1.29 is 9.59 Å². The first-order chi connectivity index (χ1) is 20.1. The zero-order valence-corrected chi connectivity index (χ0v) is 22.3. The summed E-state index contributed by atoms with van der Waals surface area (Å²) in [5, 5.41) is 10.1. The normalized spacial score (nSPS) is 11.9. The first kappa shape index (κ1) is 25.7. The standard InChI is InChI=1S/C32H27N7O2/c1-38-26(17-19-35-38)30(40)37-29(28(23-9-4-2-5-10-23)24-11-6-3-7-12-24)31(41)36-25-15-13-22(14-16-25)27-21-34-32-33-18-8-20-39(27)32/h2-21,28-29H,1H3,(H,36,41)(H,37,40)/t29-/m0/s1. The van der Waals surface area contributed by atoms with Gasteiger partial charge in [-0.1, -0.05) is 72.8 Å². The predicted molar refractivity (Wildman–Crippen MR) is 156 cm³/mol. The van der Waals surface area contributed by atoms with Crippen LogP contribution in [0.1, 0.15) is 27.5 Å². The quantitative estimate of drug-likeness (QED) is 0.291. The number of carbonyl (C=O) groups excluding carboxylic acids is 2. The highest BCUT2D eigenvalue weighted by Gasteiger charge is 2.33. The van der Waals surface area contributed by atoms with E-state index >= 15 is 0 Å². The number of benzene rings is 3. The van der Waals surface area contributed by atoms with Crippen LogP contribution in [0.3, 0.4) is 0 Å². The van der Waals surface area contributed by atoms with E-state index in [1.54, 1.807) is 31.7 Å². The molecule has 202 valence electrons. The van der Waals surface area contributed by atoms with Gasteiger partial charge in [0.25, 0.3) is 5.91 Å². The number of aryl methyl sites for hydroxylation is 1. The first-order valence-corrected chi connectivity index (χ1v) is 13.2. The molecule has 0 aliphatic rings. The number of nitrogens with zero attached hydrogens (tertiary/aromatic N) is 5. The van der Waals surface area contributed by atoms with Gasteiger partial charge in [-0.3, -0.25) is 18.7 Å². The lowest BCUT2D eigenvalue weighted by atomic mass is 9.84. The zero-order valence-electron chi connectivity index (χ0n) is 22.3. The minimum atomic E-state index is -0.924. The van der Waals surface area contributed by atoms with Crippen LogP contribution in [-0.2, 0) is 11.8 Å². The number of amides is 2.